The predicted molar refractivity (Wildman–Crippen MR) is 213 cm³/mol. The van der Waals surface area contributed by atoms with Crippen molar-refractivity contribution in [2.75, 3.05) is 6.54 Å². The number of carbonyl (C=O) groups excluding carboxylic acids is 4. The van der Waals surface area contributed by atoms with Crippen molar-refractivity contribution in [2.24, 2.45) is 5.41 Å². The van der Waals surface area contributed by atoms with Gasteiger partial charge in [0.2, 0.25) is 0 Å². The van der Waals surface area contributed by atoms with Crippen molar-refractivity contribution in [2.45, 2.75) is 98.4 Å². The second kappa shape index (κ2) is 14.4. The van der Waals surface area contributed by atoms with E-state index in [-0.39, 0.29) is 29.0 Å². The Morgan fingerprint density at radius 2 is 1.06 bits per heavy atom. The van der Waals surface area contributed by atoms with Gasteiger partial charge in [0.25, 0.3) is 23.6 Å². The Bertz CT molecular complexity index is 2420. The summed E-state index contributed by atoms with van der Waals surface area (Å²) in [5.41, 5.74) is 2.17. The summed E-state index contributed by atoms with van der Waals surface area (Å²) in [6, 6.07) is 14.5. The molecule has 0 aliphatic carbocycles. The first-order valence-corrected chi connectivity index (χ1v) is 18.9. The lowest BCUT2D eigenvalue weighted by Crippen LogP contribution is -2.46. The van der Waals surface area contributed by atoms with Gasteiger partial charge in [-0.15, -0.1) is 0 Å². The predicted octanol–water partition coefficient (Wildman–Crippen LogP) is 9.90. The van der Waals surface area contributed by atoms with E-state index in [4.69, 9.17) is 0 Å². The molecule has 0 aromatic heterocycles. The zero-order chi connectivity index (χ0) is 37.4. The maximum Gasteiger partial charge on any atom is 0.262 e. The molecule has 0 radical (unpaired) electrons. The summed E-state index contributed by atoms with van der Waals surface area (Å²) in [4.78, 5) is 59.3. The molecule has 6 heteroatoms. The monoisotopic (exact) mass is 700 g/mol. The molecule has 0 spiro atoms. The van der Waals surface area contributed by atoms with Crippen molar-refractivity contribution >= 4 is 66.7 Å². The topological polar surface area (TPSA) is 74.8 Å². The maximum absolute atomic E-state index is 14.4. The van der Waals surface area contributed by atoms with Gasteiger partial charge in [-0.1, -0.05) is 102 Å². The lowest BCUT2D eigenvalue weighted by Gasteiger charge is -2.32. The van der Waals surface area contributed by atoms with Crippen LogP contribution in [-0.4, -0.2) is 46.0 Å². The van der Waals surface area contributed by atoms with Crippen LogP contribution < -0.4 is 0 Å². The van der Waals surface area contributed by atoms with Gasteiger partial charge in [0, 0.05) is 39.6 Å². The Labute approximate surface area is 311 Å². The number of nitrogens with zero attached hydrogens (tertiary/aromatic N) is 2. The Kier molecular flexibility index (Phi) is 9.72. The van der Waals surface area contributed by atoms with E-state index in [1.54, 1.807) is 6.92 Å². The fraction of sp³-hybridized carbons (Fsp3) is 0.362. The van der Waals surface area contributed by atoms with E-state index in [2.05, 4.69) is 63.2 Å². The summed E-state index contributed by atoms with van der Waals surface area (Å²) in [5.74, 6) is 15.6. The average Bonchev–Trinajstić information content (AvgIpc) is 3.14. The van der Waals surface area contributed by atoms with Gasteiger partial charge in [0.15, 0.2) is 0 Å². The van der Waals surface area contributed by atoms with Crippen molar-refractivity contribution in [3.8, 4) is 35.5 Å². The zero-order valence-corrected chi connectivity index (χ0v) is 31.3. The summed E-state index contributed by atoms with van der Waals surface area (Å²) in [6.07, 6.45) is 8.46. The first-order chi connectivity index (χ1) is 25.6. The number of hydrogen-bond acceptors (Lipinski definition) is 4. The van der Waals surface area contributed by atoms with E-state index in [9.17, 15) is 19.2 Å². The third-order valence-electron chi connectivity index (χ3n) is 10.8. The van der Waals surface area contributed by atoms with Crippen molar-refractivity contribution in [3.63, 3.8) is 0 Å². The lowest BCUT2D eigenvalue weighted by molar-refractivity contribution is 0.0563. The number of imide groups is 2. The Morgan fingerprint density at radius 3 is 1.55 bits per heavy atom. The second-order valence-corrected chi connectivity index (χ2v) is 15.5. The van der Waals surface area contributed by atoms with E-state index >= 15 is 0 Å². The smallest absolute Gasteiger partial charge is 0.262 e. The second-order valence-electron chi connectivity index (χ2n) is 15.5. The molecule has 6 nitrogen and oxygen atoms in total. The van der Waals surface area contributed by atoms with Crippen molar-refractivity contribution in [3.05, 3.63) is 70.8 Å². The summed E-state index contributed by atoms with van der Waals surface area (Å²) in [7, 11) is 0. The van der Waals surface area contributed by atoms with E-state index in [1.165, 1.54) is 9.80 Å². The van der Waals surface area contributed by atoms with Gasteiger partial charge in [-0.05, 0) is 112 Å². The van der Waals surface area contributed by atoms with Crippen LogP contribution in [0.25, 0.3) is 43.1 Å². The fourth-order valence-corrected chi connectivity index (χ4v) is 8.20. The summed E-state index contributed by atoms with van der Waals surface area (Å²) >= 11 is 0. The third-order valence-corrected chi connectivity index (χ3v) is 10.8. The molecule has 7 rings (SSSR count). The molecule has 2 aliphatic heterocycles. The fourth-order valence-electron chi connectivity index (χ4n) is 8.20. The van der Waals surface area contributed by atoms with E-state index in [0.29, 0.717) is 46.0 Å². The number of unbranched alkanes of at least 4 members (excludes halogenated alkanes) is 5. The van der Waals surface area contributed by atoms with Gasteiger partial charge < -0.3 is 0 Å². The van der Waals surface area contributed by atoms with Crippen LogP contribution in [0.4, 0.5) is 0 Å². The molecule has 53 heavy (non-hydrogen) atoms. The minimum absolute atomic E-state index is 0.193. The quantitative estimate of drug-likeness (QED) is 0.0452. The molecule has 0 bridgehead atoms. The molecule has 0 saturated heterocycles. The van der Waals surface area contributed by atoms with E-state index in [1.807, 2.05) is 48.5 Å². The van der Waals surface area contributed by atoms with Crippen LogP contribution in [0.2, 0.25) is 0 Å². The highest BCUT2D eigenvalue weighted by molar-refractivity contribution is 6.41. The lowest BCUT2D eigenvalue weighted by atomic mass is 9.82. The molecule has 5 aromatic rings. The minimum atomic E-state index is -0.624. The van der Waals surface area contributed by atoms with Crippen molar-refractivity contribution in [1.82, 2.24) is 9.80 Å². The largest absolute Gasteiger partial charge is 0.274 e. The third kappa shape index (κ3) is 6.30. The normalized spacial score (nSPS) is 14.4. The minimum Gasteiger partial charge on any atom is -0.274 e. The van der Waals surface area contributed by atoms with Gasteiger partial charge in [0.05, 0.1) is 0 Å². The van der Waals surface area contributed by atoms with Crippen LogP contribution in [0.3, 0.4) is 0 Å². The van der Waals surface area contributed by atoms with Crippen LogP contribution in [-0.2, 0) is 0 Å². The first-order valence-electron chi connectivity index (χ1n) is 18.9. The Hall–Kier alpha value is -5.64. The van der Waals surface area contributed by atoms with Gasteiger partial charge >= 0.3 is 0 Å². The van der Waals surface area contributed by atoms with Crippen LogP contribution in [0.1, 0.15) is 134 Å². The van der Waals surface area contributed by atoms with Crippen LogP contribution >= 0.6 is 0 Å². The highest BCUT2D eigenvalue weighted by Crippen LogP contribution is 2.46. The molecular weight excluding hydrogens is 657 g/mol. The molecular formula is C47H44N2O4. The Balaban J connectivity index is 1.31. The SMILES string of the molecule is CC#CC#CC#CC(CCCCCCC)N1C(=O)c2ccc3c4ccc5c6c(ccc(c7ccc(c2c37)C1=O)c64)C(=O)N(CCCCC(C)(C)C)C5=O. The molecule has 266 valence electrons. The molecule has 5 aromatic carbocycles. The molecule has 1 atom stereocenters. The van der Waals surface area contributed by atoms with Crippen LogP contribution in [0, 0.1) is 40.9 Å². The number of fused-ring (bicyclic) bond motifs is 2. The standard InChI is InChI=1S/C47H44N2O4/c1-6-8-10-12-14-18-30(19-15-13-11-9-7-2)49-45(52)37-26-22-33-31-20-24-35-41-36(44(51)48(43(35)50)29-17-16-28-47(3,4)5)25-21-32(39(31)41)34-23-27-38(46(49)53)42(37)40(33)34/h20-27,30H,6,8,10,12,14,16-18,28-29H2,1-5H3. The molecule has 0 N–H and O–H groups in total. The summed E-state index contributed by atoms with van der Waals surface area (Å²) < 4.78 is 0. The van der Waals surface area contributed by atoms with Crippen molar-refractivity contribution < 1.29 is 19.2 Å². The molecule has 2 aliphatic rings. The van der Waals surface area contributed by atoms with Crippen molar-refractivity contribution in [1.29, 1.82) is 0 Å². The number of amides is 4. The van der Waals surface area contributed by atoms with E-state index in [0.717, 1.165) is 83.7 Å². The number of carbonyl (C=O) groups is 4. The highest BCUT2D eigenvalue weighted by atomic mass is 16.2. The number of benzene rings is 5. The zero-order valence-electron chi connectivity index (χ0n) is 31.3. The van der Waals surface area contributed by atoms with Gasteiger partial charge in [0.1, 0.15) is 6.04 Å². The molecule has 0 fully saturated rings. The number of hydrogen-bond donors (Lipinski definition) is 0. The molecule has 1 unspecified atom stereocenters. The Morgan fingerprint density at radius 1 is 0.566 bits per heavy atom. The van der Waals surface area contributed by atoms with Gasteiger partial charge in [-0.3, -0.25) is 29.0 Å². The highest BCUT2D eigenvalue weighted by Gasteiger charge is 2.39. The molecule has 0 saturated carbocycles. The van der Waals surface area contributed by atoms with Crippen LogP contribution in [0.5, 0.6) is 0 Å². The summed E-state index contributed by atoms with van der Waals surface area (Å²) in [6.45, 7) is 10.9. The molecule has 4 amide bonds. The van der Waals surface area contributed by atoms with Crippen LogP contribution in [0.15, 0.2) is 48.5 Å². The first kappa shape index (κ1) is 35.7. The van der Waals surface area contributed by atoms with E-state index < -0.39 is 6.04 Å². The average molecular weight is 701 g/mol. The maximum atomic E-state index is 14.4. The van der Waals surface area contributed by atoms with Gasteiger partial charge in [-0.2, -0.15) is 0 Å². The number of rotatable bonds is 11. The summed E-state index contributed by atoms with van der Waals surface area (Å²) in [5, 5.41) is 6.48. The molecule has 2 heterocycles. The van der Waals surface area contributed by atoms with Gasteiger partial charge in [-0.25, -0.2) is 0 Å².